The summed E-state index contributed by atoms with van der Waals surface area (Å²) in [7, 11) is 0. The quantitative estimate of drug-likeness (QED) is 0.885. The average molecular weight is 255 g/mol. The molecule has 19 heavy (non-hydrogen) atoms. The lowest BCUT2D eigenvalue weighted by atomic mass is 10.1. The molecule has 0 unspecified atom stereocenters. The van der Waals surface area contributed by atoms with Crippen LogP contribution in [0.2, 0.25) is 0 Å². The van der Waals surface area contributed by atoms with Gasteiger partial charge in [0.15, 0.2) is 0 Å². The molecule has 5 nitrogen and oxygen atoms in total. The molecule has 2 amide bonds. The molecule has 1 heterocycles. The van der Waals surface area contributed by atoms with Crippen LogP contribution in [-0.2, 0) is 6.54 Å². The Bertz CT molecular complexity index is 612. The molecule has 0 radical (unpaired) electrons. The van der Waals surface area contributed by atoms with Crippen LogP contribution >= 0.6 is 0 Å². The number of hydrogen-bond acceptors (Lipinski definition) is 3. The lowest BCUT2D eigenvalue weighted by molar-refractivity contribution is 0.251. The van der Waals surface area contributed by atoms with E-state index in [1.807, 2.05) is 13.0 Å². The molecule has 2 aromatic rings. The summed E-state index contributed by atoms with van der Waals surface area (Å²) in [6.45, 7) is 2.18. The molecule has 0 aliphatic heterocycles. The second kappa shape index (κ2) is 5.74. The smallest absolute Gasteiger partial charge is 0.319 e. The average Bonchev–Trinajstić information content (AvgIpc) is 2.92. The highest BCUT2D eigenvalue weighted by atomic mass is 16.3. The van der Waals surface area contributed by atoms with Crippen LogP contribution in [0.3, 0.4) is 0 Å². The van der Waals surface area contributed by atoms with Crippen molar-refractivity contribution in [2.45, 2.75) is 13.5 Å². The number of nitriles is 1. The second-order valence-corrected chi connectivity index (χ2v) is 4.03. The fourth-order valence-electron chi connectivity index (χ4n) is 1.57. The van der Waals surface area contributed by atoms with Gasteiger partial charge in [-0.1, -0.05) is 6.07 Å². The number of carbonyl (C=O) groups excluding carboxylic acids is 1. The topological polar surface area (TPSA) is 78.1 Å². The number of amides is 2. The molecule has 0 fully saturated rings. The summed E-state index contributed by atoms with van der Waals surface area (Å²) in [4.78, 5) is 11.7. The second-order valence-electron chi connectivity index (χ2n) is 4.03. The molecule has 2 N–H and O–H groups in total. The van der Waals surface area contributed by atoms with Gasteiger partial charge in [-0.3, -0.25) is 0 Å². The van der Waals surface area contributed by atoms with Crippen LogP contribution in [0.15, 0.2) is 41.0 Å². The number of nitrogens with one attached hydrogen (secondary N) is 2. The lowest BCUT2D eigenvalue weighted by Gasteiger charge is -2.09. The molecule has 1 aromatic heterocycles. The van der Waals surface area contributed by atoms with Crippen molar-refractivity contribution >= 4 is 11.7 Å². The summed E-state index contributed by atoms with van der Waals surface area (Å²) >= 11 is 0. The molecular weight excluding hydrogens is 242 g/mol. The molecule has 2 rings (SSSR count). The first kappa shape index (κ1) is 12.7. The van der Waals surface area contributed by atoms with Crippen LogP contribution in [0, 0.1) is 18.3 Å². The van der Waals surface area contributed by atoms with Crippen molar-refractivity contribution in [2.24, 2.45) is 0 Å². The summed E-state index contributed by atoms with van der Waals surface area (Å²) in [5, 5.41) is 14.2. The maximum absolute atomic E-state index is 11.7. The number of furan rings is 1. The number of rotatable bonds is 3. The van der Waals surface area contributed by atoms with Crippen LogP contribution in [0.1, 0.15) is 16.9 Å². The minimum atomic E-state index is -0.338. The summed E-state index contributed by atoms with van der Waals surface area (Å²) in [5.74, 6) is 0.678. The van der Waals surface area contributed by atoms with Crippen molar-refractivity contribution < 1.29 is 9.21 Å². The van der Waals surface area contributed by atoms with Crippen LogP contribution in [0.4, 0.5) is 10.5 Å². The minimum Gasteiger partial charge on any atom is -0.467 e. The minimum absolute atomic E-state index is 0.315. The zero-order chi connectivity index (χ0) is 13.7. The Kier molecular flexibility index (Phi) is 3.84. The molecule has 96 valence electrons. The van der Waals surface area contributed by atoms with Gasteiger partial charge in [-0.15, -0.1) is 0 Å². The standard InChI is InChI=1S/C14H13N3O2/c1-10-4-5-11(8-15)7-13(10)17-14(18)16-9-12-3-2-6-19-12/h2-7H,9H2,1H3,(H2,16,17,18). The molecule has 0 atom stereocenters. The fourth-order valence-corrected chi connectivity index (χ4v) is 1.57. The summed E-state index contributed by atoms with van der Waals surface area (Å²) in [6.07, 6.45) is 1.55. The summed E-state index contributed by atoms with van der Waals surface area (Å²) < 4.78 is 5.11. The molecule has 0 bridgehead atoms. The number of aryl methyl sites for hydroxylation is 1. The van der Waals surface area contributed by atoms with E-state index in [4.69, 9.17) is 9.68 Å². The van der Waals surface area contributed by atoms with Crippen LogP contribution < -0.4 is 10.6 Å². The Morgan fingerprint density at radius 3 is 2.95 bits per heavy atom. The van der Waals surface area contributed by atoms with Crippen LogP contribution in [0.25, 0.3) is 0 Å². The van der Waals surface area contributed by atoms with Crippen molar-refractivity contribution in [3.05, 3.63) is 53.5 Å². The van der Waals surface area contributed by atoms with Gasteiger partial charge < -0.3 is 15.1 Å². The van der Waals surface area contributed by atoms with Gasteiger partial charge in [0.05, 0.1) is 24.4 Å². The molecule has 0 saturated carbocycles. The maximum Gasteiger partial charge on any atom is 0.319 e. The highest BCUT2D eigenvalue weighted by Gasteiger charge is 2.06. The molecule has 0 saturated heterocycles. The molecule has 5 heteroatoms. The van der Waals surface area contributed by atoms with Gasteiger partial charge in [-0.05, 0) is 36.8 Å². The maximum atomic E-state index is 11.7. The monoisotopic (exact) mass is 255 g/mol. The SMILES string of the molecule is Cc1ccc(C#N)cc1NC(=O)NCc1ccco1. The third-order valence-corrected chi connectivity index (χ3v) is 2.62. The van der Waals surface area contributed by atoms with E-state index in [0.29, 0.717) is 23.6 Å². The first-order chi connectivity index (χ1) is 9.19. The van der Waals surface area contributed by atoms with Gasteiger partial charge in [0.1, 0.15) is 5.76 Å². The number of nitrogens with zero attached hydrogens (tertiary/aromatic N) is 1. The fraction of sp³-hybridized carbons (Fsp3) is 0.143. The van der Waals surface area contributed by atoms with E-state index in [1.54, 1.807) is 36.6 Å². The normalized spacial score (nSPS) is 9.68. The van der Waals surface area contributed by atoms with E-state index in [0.717, 1.165) is 5.56 Å². The number of hydrogen-bond donors (Lipinski definition) is 2. The lowest BCUT2D eigenvalue weighted by Crippen LogP contribution is -2.28. The first-order valence-electron chi connectivity index (χ1n) is 5.77. The molecule has 0 aliphatic carbocycles. The van der Waals surface area contributed by atoms with Crippen molar-refractivity contribution in [3.8, 4) is 6.07 Å². The summed E-state index contributed by atoms with van der Waals surface area (Å²) in [6, 6.07) is 10.4. The Balaban J connectivity index is 1.97. The number of anilines is 1. The Hall–Kier alpha value is -2.74. The van der Waals surface area contributed by atoms with Crippen molar-refractivity contribution in [2.75, 3.05) is 5.32 Å². The van der Waals surface area contributed by atoms with E-state index in [2.05, 4.69) is 10.6 Å². The number of carbonyl (C=O) groups is 1. The molecule has 0 spiro atoms. The van der Waals surface area contributed by atoms with Gasteiger partial charge in [-0.25, -0.2) is 4.79 Å². The Labute approximate surface area is 110 Å². The zero-order valence-corrected chi connectivity index (χ0v) is 10.4. The predicted octanol–water partition coefficient (Wildman–Crippen LogP) is 2.78. The predicted molar refractivity (Wildman–Crippen MR) is 70.5 cm³/mol. The van der Waals surface area contributed by atoms with Gasteiger partial charge in [0, 0.05) is 5.69 Å². The summed E-state index contributed by atoms with van der Waals surface area (Å²) in [5.41, 5.74) is 2.02. The van der Waals surface area contributed by atoms with Gasteiger partial charge in [-0.2, -0.15) is 5.26 Å². The Morgan fingerprint density at radius 1 is 1.42 bits per heavy atom. The van der Waals surface area contributed by atoms with E-state index >= 15 is 0 Å². The largest absolute Gasteiger partial charge is 0.467 e. The van der Waals surface area contributed by atoms with Gasteiger partial charge in [0.2, 0.25) is 0 Å². The van der Waals surface area contributed by atoms with Gasteiger partial charge >= 0.3 is 6.03 Å². The number of benzene rings is 1. The third-order valence-electron chi connectivity index (χ3n) is 2.62. The molecular formula is C14H13N3O2. The van der Waals surface area contributed by atoms with E-state index < -0.39 is 0 Å². The first-order valence-corrected chi connectivity index (χ1v) is 5.77. The number of urea groups is 1. The molecule has 0 aliphatic rings. The van der Waals surface area contributed by atoms with Gasteiger partial charge in [0.25, 0.3) is 0 Å². The van der Waals surface area contributed by atoms with E-state index in [1.165, 1.54) is 0 Å². The third kappa shape index (κ3) is 3.36. The van der Waals surface area contributed by atoms with Crippen molar-refractivity contribution in [1.82, 2.24) is 5.32 Å². The van der Waals surface area contributed by atoms with E-state index in [9.17, 15) is 4.79 Å². The van der Waals surface area contributed by atoms with Crippen molar-refractivity contribution in [3.63, 3.8) is 0 Å². The zero-order valence-electron chi connectivity index (χ0n) is 10.4. The van der Waals surface area contributed by atoms with E-state index in [-0.39, 0.29) is 6.03 Å². The molecule has 1 aromatic carbocycles. The highest BCUT2D eigenvalue weighted by molar-refractivity contribution is 5.90. The highest BCUT2D eigenvalue weighted by Crippen LogP contribution is 2.16. The van der Waals surface area contributed by atoms with Crippen LogP contribution in [0.5, 0.6) is 0 Å². The Morgan fingerprint density at radius 2 is 2.26 bits per heavy atom. The van der Waals surface area contributed by atoms with Crippen molar-refractivity contribution in [1.29, 1.82) is 5.26 Å². The van der Waals surface area contributed by atoms with Crippen LogP contribution in [-0.4, -0.2) is 6.03 Å².